The summed E-state index contributed by atoms with van der Waals surface area (Å²) >= 11 is 0. The molecule has 0 radical (unpaired) electrons. The largest absolute Gasteiger partial charge is 0.378 e. The number of anilines is 3. The second-order valence-corrected chi connectivity index (χ2v) is 6.18. The van der Waals surface area contributed by atoms with Crippen LogP contribution in [0.2, 0.25) is 0 Å². The molecule has 0 unspecified atom stereocenters. The van der Waals surface area contributed by atoms with Crippen LogP contribution in [0.4, 0.5) is 17.5 Å². The number of hydrogen-bond donors (Lipinski definition) is 1. The van der Waals surface area contributed by atoms with E-state index in [1.54, 1.807) is 6.20 Å². The zero-order chi connectivity index (χ0) is 16.2. The molecule has 1 aliphatic heterocycles. The van der Waals surface area contributed by atoms with Crippen LogP contribution in [-0.4, -0.2) is 46.1 Å². The van der Waals surface area contributed by atoms with Gasteiger partial charge in [-0.15, -0.1) is 0 Å². The first-order valence-corrected chi connectivity index (χ1v) is 8.08. The van der Waals surface area contributed by atoms with E-state index >= 15 is 0 Å². The molecule has 0 aliphatic carbocycles. The summed E-state index contributed by atoms with van der Waals surface area (Å²) in [7, 11) is 0. The van der Waals surface area contributed by atoms with Crippen molar-refractivity contribution >= 4 is 17.5 Å². The van der Waals surface area contributed by atoms with Gasteiger partial charge in [0.15, 0.2) is 0 Å². The van der Waals surface area contributed by atoms with Gasteiger partial charge in [-0.2, -0.15) is 10.1 Å². The van der Waals surface area contributed by atoms with E-state index in [1.165, 1.54) is 0 Å². The summed E-state index contributed by atoms with van der Waals surface area (Å²) in [6.07, 6.45) is 3.62. The van der Waals surface area contributed by atoms with Crippen molar-refractivity contribution in [2.45, 2.75) is 27.3 Å². The van der Waals surface area contributed by atoms with Crippen LogP contribution >= 0.6 is 0 Å². The van der Waals surface area contributed by atoms with Gasteiger partial charge in [0.05, 0.1) is 30.8 Å². The molecule has 1 fully saturated rings. The summed E-state index contributed by atoms with van der Waals surface area (Å²) in [5, 5.41) is 7.72. The summed E-state index contributed by atoms with van der Waals surface area (Å²) in [5.41, 5.74) is 2.05. The van der Waals surface area contributed by atoms with E-state index in [9.17, 15) is 0 Å². The second-order valence-electron chi connectivity index (χ2n) is 6.18. The van der Waals surface area contributed by atoms with Gasteiger partial charge in [-0.05, 0) is 18.9 Å². The molecule has 0 aromatic carbocycles. The summed E-state index contributed by atoms with van der Waals surface area (Å²) in [6, 6.07) is 1.94. The number of nitrogens with zero attached hydrogens (tertiary/aromatic N) is 5. The van der Waals surface area contributed by atoms with Crippen LogP contribution < -0.4 is 10.2 Å². The van der Waals surface area contributed by atoms with E-state index in [0.29, 0.717) is 11.9 Å². The molecule has 3 rings (SSSR count). The first-order valence-electron chi connectivity index (χ1n) is 8.08. The fourth-order valence-corrected chi connectivity index (χ4v) is 2.60. The summed E-state index contributed by atoms with van der Waals surface area (Å²) < 4.78 is 7.40. The molecule has 7 heteroatoms. The Kier molecular flexibility index (Phi) is 4.76. The Bertz CT molecular complexity index is 648. The highest BCUT2D eigenvalue weighted by atomic mass is 16.5. The summed E-state index contributed by atoms with van der Waals surface area (Å²) in [6.45, 7) is 10.5. The third-order valence-electron chi connectivity index (χ3n) is 3.86. The molecule has 2 aromatic heterocycles. The van der Waals surface area contributed by atoms with Gasteiger partial charge in [0, 0.05) is 25.8 Å². The lowest BCUT2D eigenvalue weighted by atomic mass is 10.2. The van der Waals surface area contributed by atoms with Crippen LogP contribution in [0, 0.1) is 12.8 Å². The Morgan fingerprint density at radius 1 is 1.30 bits per heavy atom. The van der Waals surface area contributed by atoms with E-state index in [2.05, 4.69) is 46.1 Å². The standard InChI is InChI=1S/C16H24N6O/c1-12(2)11-22-13(3)14(10-18-22)19-16-17-5-4-15(20-16)21-6-8-23-9-7-21/h4-5,10,12H,6-9,11H2,1-3H3,(H,17,19,20). The maximum Gasteiger partial charge on any atom is 0.229 e. The van der Waals surface area contributed by atoms with Crippen molar-refractivity contribution < 1.29 is 4.74 Å². The maximum absolute atomic E-state index is 5.39. The Hall–Kier alpha value is -2.15. The molecular weight excluding hydrogens is 292 g/mol. The van der Waals surface area contributed by atoms with Gasteiger partial charge < -0.3 is 15.0 Å². The Labute approximate surface area is 136 Å². The van der Waals surface area contributed by atoms with Crippen LogP contribution in [-0.2, 0) is 11.3 Å². The Morgan fingerprint density at radius 3 is 2.83 bits per heavy atom. The van der Waals surface area contributed by atoms with Crippen molar-refractivity contribution in [3.05, 3.63) is 24.2 Å². The van der Waals surface area contributed by atoms with E-state index in [1.807, 2.05) is 16.9 Å². The van der Waals surface area contributed by atoms with Crippen LogP contribution in [0.1, 0.15) is 19.5 Å². The molecule has 0 atom stereocenters. The van der Waals surface area contributed by atoms with Crippen LogP contribution in [0.5, 0.6) is 0 Å². The molecular formula is C16H24N6O. The number of ether oxygens (including phenoxy) is 1. The van der Waals surface area contributed by atoms with Crippen molar-refractivity contribution in [3.8, 4) is 0 Å². The van der Waals surface area contributed by atoms with Crippen LogP contribution in [0.25, 0.3) is 0 Å². The predicted molar refractivity (Wildman–Crippen MR) is 90.1 cm³/mol. The fraction of sp³-hybridized carbons (Fsp3) is 0.562. The number of hydrogen-bond acceptors (Lipinski definition) is 6. The van der Waals surface area contributed by atoms with Gasteiger partial charge in [-0.1, -0.05) is 13.8 Å². The zero-order valence-electron chi connectivity index (χ0n) is 14.0. The normalized spacial score (nSPS) is 15.2. The molecule has 1 aliphatic rings. The molecule has 7 nitrogen and oxygen atoms in total. The average Bonchev–Trinajstić information content (AvgIpc) is 2.89. The average molecular weight is 316 g/mol. The molecule has 23 heavy (non-hydrogen) atoms. The lowest BCUT2D eigenvalue weighted by Gasteiger charge is -2.27. The van der Waals surface area contributed by atoms with Gasteiger partial charge in [0.25, 0.3) is 0 Å². The van der Waals surface area contributed by atoms with Crippen molar-refractivity contribution in [1.29, 1.82) is 0 Å². The smallest absolute Gasteiger partial charge is 0.229 e. The highest BCUT2D eigenvalue weighted by Gasteiger charge is 2.14. The second kappa shape index (κ2) is 6.95. The maximum atomic E-state index is 5.39. The molecule has 2 aromatic rings. The molecule has 0 bridgehead atoms. The molecule has 1 N–H and O–H groups in total. The van der Waals surface area contributed by atoms with E-state index in [-0.39, 0.29) is 0 Å². The molecule has 0 spiro atoms. The van der Waals surface area contributed by atoms with Crippen LogP contribution in [0.3, 0.4) is 0 Å². The number of aromatic nitrogens is 4. The number of nitrogens with one attached hydrogen (secondary N) is 1. The zero-order valence-corrected chi connectivity index (χ0v) is 14.0. The van der Waals surface area contributed by atoms with Gasteiger partial charge in [0.2, 0.25) is 5.95 Å². The van der Waals surface area contributed by atoms with E-state index in [0.717, 1.165) is 50.0 Å². The highest BCUT2D eigenvalue weighted by Crippen LogP contribution is 2.20. The molecule has 0 saturated carbocycles. The summed E-state index contributed by atoms with van der Waals surface area (Å²) in [4.78, 5) is 11.2. The predicted octanol–water partition coefficient (Wildman–Crippen LogP) is 2.22. The minimum Gasteiger partial charge on any atom is -0.378 e. The van der Waals surface area contributed by atoms with Gasteiger partial charge in [0.1, 0.15) is 5.82 Å². The van der Waals surface area contributed by atoms with E-state index < -0.39 is 0 Å². The fourth-order valence-electron chi connectivity index (χ4n) is 2.60. The third kappa shape index (κ3) is 3.79. The van der Waals surface area contributed by atoms with E-state index in [4.69, 9.17) is 4.74 Å². The number of morpholine rings is 1. The van der Waals surface area contributed by atoms with Crippen molar-refractivity contribution in [2.24, 2.45) is 5.92 Å². The minimum atomic E-state index is 0.558. The monoisotopic (exact) mass is 316 g/mol. The topological polar surface area (TPSA) is 68.1 Å². The third-order valence-corrected chi connectivity index (χ3v) is 3.86. The lowest BCUT2D eigenvalue weighted by Crippen LogP contribution is -2.36. The minimum absolute atomic E-state index is 0.558. The molecule has 1 saturated heterocycles. The quantitative estimate of drug-likeness (QED) is 0.912. The van der Waals surface area contributed by atoms with Crippen molar-refractivity contribution in [3.63, 3.8) is 0 Å². The highest BCUT2D eigenvalue weighted by molar-refractivity contribution is 5.56. The lowest BCUT2D eigenvalue weighted by molar-refractivity contribution is 0.122. The number of rotatable bonds is 5. The van der Waals surface area contributed by atoms with Crippen LogP contribution in [0.15, 0.2) is 18.5 Å². The Morgan fingerprint density at radius 2 is 2.09 bits per heavy atom. The molecule has 124 valence electrons. The Balaban J connectivity index is 1.74. The van der Waals surface area contributed by atoms with Gasteiger partial charge in [-0.3, -0.25) is 4.68 Å². The van der Waals surface area contributed by atoms with Gasteiger partial charge >= 0.3 is 0 Å². The molecule has 3 heterocycles. The van der Waals surface area contributed by atoms with Gasteiger partial charge in [-0.25, -0.2) is 4.98 Å². The first-order chi connectivity index (χ1) is 11.1. The summed E-state index contributed by atoms with van der Waals surface area (Å²) in [5.74, 6) is 2.08. The first kappa shape index (κ1) is 15.7. The SMILES string of the molecule is Cc1c(Nc2nccc(N3CCOCC3)n2)cnn1CC(C)C. The molecule has 0 amide bonds. The van der Waals surface area contributed by atoms with Crippen molar-refractivity contribution in [1.82, 2.24) is 19.7 Å². The van der Waals surface area contributed by atoms with Crippen molar-refractivity contribution in [2.75, 3.05) is 36.5 Å².